The van der Waals surface area contributed by atoms with E-state index in [1.807, 2.05) is 0 Å². The van der Waals surface area contributed by atoms with Crippen molar-refractivity contribution >= 4 is 33.2 Å². The average molecular weight is 300 g/mol. The zero-order valence-corrected chi connectivity index (χ0v) is 10.5. The molecule has 3 nitrogen and oxygen atoms in total. The van der Waals surface area contributed by atoms with Crippen molar-refractivity contribution in [2.24, 2.45) is 0 Å². The topological polar surface area (TPSA) is 48.1 Å². The largest absolute Gasteiger partial charge is 0.438 e. The summed E-state index contributed by atoms with van der Waals surface area (Å²) < 4.78 is 6.26. The summed E-state index contributed by atoms with van der Waals surface area (Å²) in [6.07, 6.45) is 1.54. The van der Waals surface area contributed by atoms with Crippen LogP contribution < -0.4 is 10.5 Å². The first-order chi connectivity index (χ1) is 7.65. The third-order valence-electron chi connectivity index (χ3n) is 1.86. The van der Waals surface area contributed by atoms with Gasteiger partial charge >= 0.3 is 0 Å². The molecule has 5 heteroatoms. The van der Waals surface area contributed by atoms with E-state index < -0.39 is 0 Å². The third kappa shape index (κ3) is 2.65. The van der Waals surface area contributed by atoms with Crippen LogP contribution >= 0.6 is 27.5 Å². The Morgan fingerprint density at radius 2 is 1.94 bits per heavy atom. The Balaban J connectivity index is 2.23. The summed E-state index contributed by atoms with van der Waals surface area (Å²) in [5.74, 6) is 1.14. The molecule has 0 amide bonds. The van der Waals surface area contributed by atoms with E-state index in [4.69, 9.17) is 22.1 Å². The lowest BCUT2D eigenvalue weighted by atomic mass is 10.3. The van der Waals surface area contributed by atoms with Crippen molar-refractivity contribution in [1.82, 2.24) is 4.98 Å². The molecular weight excluding hydrogens is 291 g/mol. The molecule has 1 aromatic carbocycles. The van der Waals surface area contributed by atoms with Gasteiger partial charge < -0.3 is 10.5 Å². The van der Waals surface area contributed by atoms with Gasteiger partial charge in [-0.1, -0.05) is 11.6 Å². The molecule has 0 unspecified atom stereocenters. The predicted octanol–water partition coefficient (Wildman–Crippen LogP) is 3.87. The minimum absolute atomic E-state index is 0.469. The first-order valence-electron chi connectivity index (χ1n) is 4.49. The van der Waals surface area contributed by atoms with Gasteiger partial charge in [-0.3, -0.25) is 0 Å². The SMILES string of the molecule is Nc1cnc(Oc2ccc(Cl)cc2)c(Br)c1. The number of halogens is 2. The molecule has 0 aliphatic rings. The summed E-state index contributed by atoms with van der Waals surface area (Å²) in [6, 6.07) is 8.78. The molecule has 1 heterocycles. The van der Waals surface area contributed by atoms with Crippen molar-refractivity contribution in [3.8, 4) is 11.6 Å². The zero-order valence-electron chi connectivity index (χ0n) is 8.15. The van der Waals surface area contributed by atoms with Gasteiger partial charge in [0.15, 0.2) is 0 Å². The molecule has 0 saturated heterocycles. The Morgan fingerprint density at radius 3 is 2.56 bits per heavy atom. The highest BCUT2D eigenvalue weighted by Gasteiger charge is 2.04. The number of nitrogens with two attached hydrogens (primary N) is 1. The van der Waals surface area contributed by atoms with Crippen molar-refractivity contribution in [3.05, 3.63) is 46.0 Å². The van der Waals surface area contributed by atoms with Crippen molar-refractivity contribution in [2.75, 3.05) is 5.73 Å². The van der Waals surface area contributed by atoms with E-state index >= 15 is 0 Å². The van der Waals surface area contributed by atoms with E-state index in [1.54, 1.807) is 30.3 Å². The second kappa shape index (κ2) is 4.72. The number of aromatic nitrogens is 1. The predicted molar refractivity (Wildman–Crippen MR) is 67.9 cm³/mol. The molecule has 16 heavy (non-hydrogen) atoms. The van der Waals surface area contributed by atoms with Gasteiger partial charge in [0.05, 0.1) is 16.4 Å². The second-order valence-electron chi connectivity index (χ2n) is 3.11. The van der Waals surface area contributed by atoms with Crippen LogP contribution in [-0.4, -0.2) is 4.98 Å². The summed E-state index contributed by atoms with van der Waals surface area (Å²) in [4.78, 5) is 4.07. The van der Waals surface area contributed by atoms with Gasteiger partial charge in [-0.2, -0.15) is 0 Å². The van der Waals surface area contributed by atoms with Gasteiger partial charge in [0.2, 0.25) is 5.88 Å². The molecule has 2 aromatic rings. The highest BCUT2D eigenvalue weighted by Crippen LogP contribution is 2.29. The van der Waals surface area contributed by atoms with Crippen molar-refractivity contribution in [3.63, 3.8) is 0 Å². The molecule has 2 rings (SSSR count). The fourth-order valence-corrected chi connectivity index (χ4v) is 1.70. The minimum Gasteiger partial charge on any atom is -0.438 e. The fraction of sp³-hybridized carbons (Fsp3) is 0. The number of hydrogen-bond donors (Lipinski definition) is 1. The lowest BCUT2D eigenvalue weighted by Gasteiger charge is -2.06. The molecule has 82 valence electrons. The summed E-state index contributed by atoms with van der Waals surface area (Å²) in [6.45, 7) is 0. The molecule has 0 atom stereocenters. The van der Waals surface area contributed by atoms with Crippen LogP contribution in [0.5, 0.6) is 11.6 Å². The van der Waals surface area contributed by atoms with Crippen LogP contribution in [0.2, 0.25) is 5.02 Å². The van der Waals surface area contributed by atoms with Crippen molar-refractivity contribution in [1.29, 1.82) is 0 Å². The standard InChI is InChI=1S/C11H8BrClN2O/c12-10-5-8(14)6-15-11(10)16-9-3-1-7(13)2-4-9/h1-6H,14H2. The van der Waals surface area contributed by atoms with E-state index in [9.17, 15) is 0 Å². The lowest BCUT2D eigenvalue weighted by molar-refractivity contribution is 0.460. The highest BCUT2D eigenvalue weighted by atomic mass is 79.9. The van der Waals surface area contributed by atoms with Crippen LogP contribution in [0.15, 0.2) is 41.0 Å². The van der Waals surface area contributed by atoms with E-state index in [0.717, 1.165) is 0 Å². The van der Waals surface area contributed by atoms with Crippen LogP contribution in [0.3, 0.4) is 0 Å². The highest BCUT2D eigenvalue weighted by molar-refractivity contribution is 9.10. The summed E-state index contributed by atoms with van der Waals surface area (Å²) >= 11 is 9.10. The normalized spacial score (nSPS) is 10.1. The van der Waals surface area contributed by atoms with Crippen LogP contribution in [-0.2, 0) is 0 Å². The Labute approximate surface area is 106 Å². The van der Waals surface area contributed by atoms with Gasteiger partial charge in [-0.05, 0) is 46.3 Å². The Bertz CT molecular complexity index is 502. The maximum absolute atomic E-state index is 5.77. The summed E-state index contributed by atoms with van der Waals surface area (Å²) in [5, 5.41) is 0.664. The van der Waals surface area contributed by atoms with Gasteiger partial charge in [-0.15, -0.1) is 0 Å². The molecule has 0 fully saturated rings. The maximum Gasteiger partial charge on any atom is 0.233 e. The number of anilines is 1. The van der Waals surface area contributed by atoms with Gasteiger partial charge in [-0.25, -0.2) is 4.98 Å². The van der Waals surface area contributed by atoms with Crippen molar-refractivity contribution in [2.45, 2.75) is 0 Å². The smallest absolute Gasteiger partial charge is 0.233 e. The minimum atomic E-state index is 0.469. The summed E-state index contributed by atoms with van der Waals surface area (Å²) in [7, 11) is 0. The zero-order chi connectivity index (χ0) is 11.5. The molecular formula is C11H8BrClN2O. The quantitative estimate of drug-likeness (QED) is 0.915. The van der Waals surface area contributed by atoms with Crippen molar-refractivity contribution < 1.29 is 4.74 Å². The van der Waals surface area contributed by atoms with Crippen LogP contribution in [0, 0.1) is 0 Å². The number of ether oxygens (including phenoxy) is 1. The molecule has 1 aromatic heterocycles. The molecule has 2 N–H and O–H groups in total. The van der Waals surface area contributed by atoms with E-state index in [2.05, 4.69) is 20.9 Å². The monoisotopic (exact) mass is 298 g/mol. The van der Waals surface area contributed by atoms with Gasteiger partial charge in [0.1, 0.15) is 5.75 Å². The third-order valence-corrected chi connectivity index (χ3v) is 2.68. The van der Waals surface area contributed by atoms with E-state index in [-0.39, 0.29) is 0 Å². The van der Waals surface area contributed by atoms with Crippen LogP contribution in [0.1, 0.15) is 0 Å². The second-order valence-corrected chi connectivity index (χ2v) is 4.40. The molecule has 0 spiro atoms. The summed E-state index contributed by atoms with van der Waals surface area (Å²) in [5.41, 5.74) is 6.15. The molecule has 0 bridgehead atoms. The Hall–Kier alpha value is -1.26. The van der Waals surface area contributed by atoms with Crippen LogP contribution in [0.25, 0.3) is 0 Å². The number of hydrogen-bond acceptors (Lipinski definition) is 3. The molecule has 0 aliphatic heterocycles. The fourth-order valence-electron chi connectivity index (χ4n) is 1.13. The Morgan fingerprint density at radius 1 is 1.25 bits per heavy atom. The average Bonchev–Trinajstić information content (AvgIpc) is 2.25. The maximum atomic E-state index is 5.77. The molecule has 0 radical (unpaired) electrons. The van der Waals surface area contributed by atoms with E-state index in [1.165, 1.54) is 6.20 Å². The first-order valence-corrected chi connectivity index (χ1v) is 5.67. The number of rotatable bonds is 2. The van der Waals surface area contributed by atoms with Gasteiger partial charge in [0, 0.05) is 5.02 Å². The Kier molecular flexibility index (Phi) is 3.31. The van der Waals surface area contributed by atoms with Crippen LogP contribution in [0.4, 0.5) is 5.69 Å². The number of nitrogens with zero attached hydrogens (tertiary/aromatic N) is 1. The number of nitrogen functional groups attached to an aromatic ring is 1. The number of benzene rings is 1. The molecule has 0 aliphatic carbocycles. The van der Waals surface area contributed by atoms with E-state index in [0.29, 0.717) is 26.8 Å². The molecule has 0 saturated carbocycles. The van der Waals surface area contributed by atoms with Gasteiger partial charge in [0.25, 0.3) is 0 Å². The number of pyridine rings is 1. The first kappa shape index (κ1) is 11.2. The lowest BCUT2D eigenvalue weighted by Crippen LogP contribution is -1.92.